The van der Waals surface area contributed by atoms with Crippen LogP contribution in [-0.2, 0) is 16.0 Å². The van der Waals surface area contributed by atoms with Crippen molar-refractivity contribution in [3.63, 3.8) is 0 Å². The van der Waals surface area contributed by atoms with Gasteiger partial charge in [0.1, 0.15) is 0 Å². The van der Waals surface area contributed by atoms with E-state index in [2.05, 4.69) is 4.98 Å². The largest absolute Gasteiger partial charge is 0.479 e. The van der Waals surface area contributed by atoms with Gasteiger partial charge >= 0.3 is 5.97 Å². The molecule has 1 heterocycles. The van der Waals surface area contributed by atoms with Gasteiger partial charge in [-0.25, -0.2) is 9.78 Å². The van der Waals surface area contributed by atoms with Gasteiger partial charge < -0.3 is 9.84 Å². The van der Waals surface area contributed by atoms with Gasteiger partial charge in [0.25, 0.3) is 0 Å². The number of hydrogen-bond acceptors (Lipinski definition) is 4. The summed E-state index contributed by atoms with van der Waals surface area (Å²) in [7, 11) is 0. The zero-order chi connectivity index (χ0) is 10.6. The molecule has 0 aliphatic rings. The van der Waals surface area contributed by atoms with Gasteiger partial charge in [0.15, 0.2) is 6.10 Å². The monoisotopic (exact) mass is 215 g/mol. The number of thiazole rings is 1. The number of carbonyl (C=O) groups is 1. The maximum atomic E-state index is 10.4. The number of aryl methyl sites for hydroxylation is 1. The van der Waals surface area contributed by atoms with E-state index in [4.69, 9.17) is 9.84 Å². The van der Waals surface area contributed by atoms with Crippen LogP contribution in [0.5, 0.6) is 0 Å². The molecule has 1 atom stereocenters. The lowest BCUT2D eigenvalue weighted by atomic mass is 10.3. The van der Waals surface area contributed by atoms with Crippen LogP contribution in [0, 0.1) is 6.92 Å². The highest BCUT2D eigenvalue weighted by Crippen LogP contribution is 2.12. The molecule has 0 amide bonds. The molecule has 0 spiro atoms. The van der Waals surface area contributed by atoms with Crippen molar-refractivity contribution in [2.45, 2.75) is 26.4 Å². The molecule has 0 saturated carbocycles. The Balaban J connectivity index is 2.29. The van der Waals surface area contributed by atoms with E-state index >= 15 is 0 Å². The molecular formula is C9H13NO3S. The molecule has 0 saturated heterocycles. The minimum absolute atomic E-state index is 0.427. The lowest BCUT2D eigenvalue weighted by molar-refractivity contribution is -0.149. The molecule has 1 aromatic rings. The fraction of sp³-hybridized carbons (Fsp3) is 0.556. The van der Waals surface area contributed by atoms with Gasteiger partial charge in [-0.05, 0) is 13.8 Å². The third-order valence-corrected chi connectivity index (χ3v) is 2.88. The number of carboxylic acids is 1. The topological polar surface area (TPSA) is 59.4 Å². The van der Waals surface area contributed by atoms with Crippen molar-refractivity contribution >= 4 is 17.3 Å². The molecule has 1 aromatic heterocycles. The maximum Gasteiger partial charge on any atom is 0.332 e. The summed E-state index contributed by atoms with van der Waals surface area (Å²) in [5.74, 6) is -0.925. The van der Waals surface area contributed by atoms with Crippen molar-refractivity contribution in [1.29, 1.82) is 0 Å². The van der Waals surface area contributed by atoms with Gasteiger partial charge in [-0.2, -0.15) is 0 Å². The Hall–Kier alpha value is -0.940. The van der Waals surface area contributed by atoms with E-state index in [0.29, 0.717) is 6.61 Å². The van der Waals surface area contributed by atoms with Gasteiger partial charge in [-0.1, -0.05) is 0 Å². The Morgan fingerprint density at radius 2 is 2.50 bits per heavy atom. The van der Waals surface area contributed by atoms with Crippen molar-refractivity contribution in [3.05, 3.63) is 16.1 Å². The Labute approximate surface area is 86.6 Å². The zero-order valence-corrected chi connectivity index (χ0v) is 9.00. The van der Waals surface area contributed by atoms with Crippen LogP contribution in [-0.4, -0.2) is 28.8 Å². The molecule has 78 valence electrons. The molecule has 0 bridgehead atoms. The first kappa shape index (κ1) is 11.1. The summed E-state index contributed by atoms with van der Waals surface area (Å²) in [4.78, 5) is 15.7. The SMILES string of the molecule is Cc1ncsc1CCO[C@H](C)C(=O)O. The smallest absolute Gasteiger partial charge is 0.332 e. The van der Waals surface area contributed by atoms with Crippen molar-refractivity contribution in [2.75, 3.05) is 6.61 Å². The molecule has 0 aliphatic carbocycles. The van der Waals surface area contributed by atoms with E-state index < -0.39 is 12.1 Å². The maximum absolute atomic E-state index is 10.4. The molecule has 0 aliphatic heterocycles. The third kappa shape index (κ3) is 3.08. The van der Waals surface area contributed by atoms with E-state index in [1.54, 1.807) is 16.8 Å². The van der Waals surface area contributed by atoms with Gasteiger partial charge in [0.05, 0.1) is 17.8 Å². The lowest BCUT2D eigenvalue weighted by Gasteiger charge is -2.07. The highest BCUT2D eigenvalue weighted by Gasteiger charge is 2.10. The van der Waals surface area contributed by atoms with Crippen LogP contribution in [0.2, 0.25) is 0 Å². The molecule has 0 fully saturated rings. The molecule has 14 heavy (non-hydrogen) atoms. The highest BCUT2D eigenvalue weighted by atomic mass is 32.1. The van der Waals surface area contributed by atoms with Crippen molar-refractivity contribution in [2.24, 2.45) is 0 Å². The minimum Gasteiger partial charge on any atom is -0.479 e. The number of aromatic nitrogens is 1. The van der Waals surface area contributed by atoms with E-state index in [-0.39, 0.29) is 0 Å². The summed E-state index contributed by atoms with van der Waals surface area (Å²) in [5, 5.41) is 8.56. The Morgan fingerprint density at radius 3 is 3.00 bits per heavy atom. The Morgan fingerprint density at radius 1 is 1.79 bits per heavy atom. The van der Waals surface area contributed by atoms with E-state index in [1.165, 1.54) is 6.92 Å². The van der Waals surface area contributed by atoms with Crippen LogP contribution in [0.1, 0.15) is 17.5 Å². The predicted octanol–water partition coefficient (Wildman–Crippen LogP) is 1.48. The quantitative estimate of drug-likeness (QED) is 0.808. The summed E-state index contributed by atoms with van der Waals surface area (Å²) < 4.78 is 5.11. The normalized spacial score (nSPS) is 12.7. The number of carboxylic acid groups (broad SMARTS) is 1. The number of ether oxygens (including phenoxy) is 1. The fourth-order valence-electron chi connectivity index (χ4n) is 0.966. The van der Waals surface area contributed by atoms with Crippen molar-refractivity contribution in [1.82, 2.24) is 4.98 Å². The summed E-state index contributed by atoms with van der Waals surface area (Å²) >= 11 is 1.57. The van der Waals surface area contributed by atoms with Gasteiger partial charge in [-0.3, -0.25) is 0 Å². The minimum atomic E-state index is -0.925. The average molecular weight is 215 g/mol. The first-order chi connectivity index (χ1) is 6.61. The van der Waals surface area contributed by atoms with Crippen LogP contribution >= 0.6 is 11.3 Å². The summed E-state index contributed by atoms with van der Waals surface area (Å²) in [6.07, 6.45) is -0.00284. The molecule has 0 radical (unpaired) electrons. The number of nitrogens with zero attached hydrogens (tertiary/aromatic N) is 1. The number of aliphatic carboxylic acids is 1. The first-order valence-electron chi connectivity index (χ1n) is 4.34. The molecule has 1 rings (SSSR count). The zero-order valence-electron chi connectivity index (χ0n) is 8.19. The third-order valence-electron chi connectivity index (χ3n) is 1.89. The van der Waals surface area contributed by atoms with E-state index in [9.17, 15) is 4.79 Å². The summed E-state index contributed by atoms with van der Waals surface area (Å²) in [5.41, 5.74) is 2.78. The van der Waals surface area contributed by atoms with Crippen LogP contribution in [0.3, 0.4) is 0 Å². The first-order valence-corrected chi connectivity index (χ1v) is 5.22. The molecule has 0 unspecified atom stereocenters. The van der Waals surface area contributed by atoms with E-state index in [0.717, 1.165) is 17.0 Å². The summed E-state index contributed by atoms with van der Waals surface area (Å²) in [6.45, 7) is 3.89. The van der Waals surface area contributed by atoms with Crippen LogP contribution < -0.4 is 0 Å². The Kier molecular flexibility index (Phi) is 4.03. The van der Waals surface area contributed by atoms with Crippen LogP contribution in [0.4, 0.5) is 0 Å². The lowest BCUT2D eigenvalue weighted by Crippen LogP contribution is -2.20. The highest BCUT2D eigenvalue weighted by molar-refractivity contribution is 7.09. The molecule has 0 aromatic carbocycles. The van der Waals surface area contributed by atoms with E-state index in [1.807, 2.05) is 6.92 Å². The number of hydrogen-bond donors (Lipinski definition) is 1. The van der Waals surface area contributed by atoms with Gasteiger partial charge in [0, 0.05) is 11.3 Å². The fourth-order valence-corrected chi connectivity index (χ4v) is 1.73. The van der Waals surface area contributed by atoms with Crippen molar-refractivity contribution < 1.29 is 14.6 Å². The summed E-state index contributed by atoms with van der Waals surface area (Å²) in [6, 6.07) is 0. The average Bonchev–Trinajstić information content (AvgIpc) is 2.51. The second kappa shape index (κ2) is 5.07. The molecule has 4 nitrogen and oxygen atoms in total. The van der Waals surface area contributed by atoms with Crippen LogP contribution in [0.15, 0.2) is 5.51 Å². The predicted molar refractivity (Wildman–Crippen MR) is 53.6 cm³/mol. The standard InChI is InChI=1S/C9H13NO3S/c1-6-8(14-5-10-6)3-4-13-7(2)9(11)12/h5,7H,3-4H2,1-2H3,(H,11,12)/t7-/m1/s1. The van der Waals surface area contributed by atoms with Gasteiger partial charge in [-0.15, -0.1) is 11.3 Å². The Bertz CT molecular complexity index is 311. The molecule has 1 N–H and O–H groups in total. The number of rotatable bonds is 5. The van der Waals surface area contributed by atoms with Gasteiger partial charge in [0.2, 0.25) is 0 Å². The second-order valence-electron chi connectivity index (χ2n) is 2.96. The van der Waals surface area contributed by atoms with Crippen molar-refractivity contribution in [3.8, 4) is 0 Å². The second-order valence-corrected chi connectivity index (χ2v) is 3.90. The van der Waals surface area contributed by atoms with Crippen LogP contribution in [0.25, 0.3) is 0 Å². The molecule has 5 heteroatoms. The molecular weight excluding hydrogens is 202 g/mol.